The van der Waals surface area contributed by atoms with Crippen molar-refractivity contribution in [3.8, 4) is 11.3 Å². The summed E-state index contributed by atoms with van der Waals surface area (Å²) in [5, 5.41) is 0. The SMILES string of the molecule is Cn1c(=O)[nH]c(=O)c2nc3cc(-c4ccncc4)oc3nc21. The highest BCUT2D eigenvalue weighted by Gasteiger charge is 2.14. The molecule has 0 fully saturated rings. The van der Waals surface area contributed by atoms with Crippen molar-refractivity contribution in [2.45, 2.75) is 0 Å². The molecule has 0 saturated heterocycles. The second-order valence-electron chi connectivity index (χ2n) is 4.75. The van der Waals surface area contributed by atoms with Gasteiger partial charge in [-0.2, -0.15) is 4.98 Å². The molecule has 0 aliphatic carbocycles. The zero-order chi connectivity index (χ0) is 15.3. The molecule has 0 bridgehead atoms. The Morgan fingerprint density at radius 2 is 1.95 bits per heavy atom. The van der Waals surface area contributed by atoms with Crippen molar-refractivity contribution in [1.29, 1.82) is 0 Å². The van der Waals surface area contributed by atoms with Gasteiger partial charge in [0.2, 0.25) is 5.71 Å². The quantitative estimate of drug-likeness (QED) is 0.557. The molecule has 0 aliphatic heterocycles. The van der Waals surface area contributed by atoms with Gasteiger partial charge in [0.05, 0.1) is 0 Å². The van der Waals surface area contributed by atoms with E-state index in [1.807, 2.05) is 0 Å². The zero-order valence-corrected chi connectivity index (χ0v) is 11.4. The van der Waals surface area contributed by atoms with Crippen molar-refractivity contribution in [2.24, 2.45) is 7.05 Å². The average molecular weight is 295 g/mol. The van der Waals surface area contributed by atoms with Crippen LogP contribution in [0.2, 0.25) is 0 Å². The third-order valence-corrected chi connectivity index (χ3v) is 3.37. The lowest BCUT2D eigenvalue weighted by atomic mass is 10.2. The van der Waals surface area contributed by atoms with Crippen molar-refractivity contribution in [3.05, 3.63) is 51.4 Å². The van der Waals surface area contributed by atoms with Crippen LogP contribution in [0.4, 0.5) is 0 Å². The molecule has 0 amide bonds. The molecule has 108 valence electrons. The summed E-state index contributed by atoms with van der Waals surface area (Å²) in [5.41, 5.74) is 0.685. The monoisotopic (exact) mass is 295 g/mol. The van der Waals surface area contributed by atoms with Gasteiger partial charge >= 0.3 is 5.69 Å². The lowest BCUT2D eigenvalue weighted by molar-refractivity contribution is 0.617. The first-order chi connectivity index (χ1) is 10.6. The van der Waals surface area contributed by atoms with Gasteiger partial charge in [-0.05, 0) is 12.1 Å². The summed E-state index contributed by atoms with van der Waals surface area (Å²) in [6.07, 6.45) is 3.29. The van der Waals surface area contributed by atoms with Crippen LogP contribution in [0.3, 0.4) is 0 Å². The standard InChI is InChI=1S/C14H9N5O3/c1-19-11-10(12(20)18-14(19)21)16-8-6-9(22-13(8)17-11)7-2-4-15-5-3-7/h2-6H,1H3,(H,18,20,21). The number of aromatic amines is 1. The second-order valence-corrected chi connectivity index (χ2v) is 4.75. The van der Waals surface area contributed by atoms with Crippen LogP contribution in [0.1, 0.15) is 0 Å². The molecule has 1 N–H and O–H groups in total. The Labute approximate surface area is 122 Å². The zero-order valence-electron chi connectivity index (χ0n) is 11.4. The maximum Gasteiger partial charge on any atom is 0.329 e. The summed E-state index contributed by atoms with van der Waals surface area (Å²) in [5.74, 6) is 0.564. The normalized spacial score (nSPS) is 11.3. The van der Waals surface area contributed by atoms with Gasteiger partial charge in [-0.25, -0.2) is 9.78 Å². The van der Waals surface area contributed by atoms with Crippen LogP contribution >= 0.6 is 0 Å². The first-order valence-electron chi connectivity index (χ1n) is 6.44. The number of aryl methyl sites for hydroxylation is 1. The van der Waals surface area contributed by atoms with E-state index in [0.717, 1.165) is 5.56 Å². The van der Waals surface area contributed by atoms with Gasteiger partial charge in [0.1, 0.15) is 11.3 Å². The van der Waals surface area contributed by atoms with Gasteiger partial charge in [0, 0.05) is 31.1 Å². The highest BCUT2D eigenvalue weighted by Crippen LogP contribution is 2.25. The van der Waals surface area contributed by atoms with Crippen LogP contribution in [0.15, 0.2) is 44.6 Å². The fourth-order valence-electron chi connectivity index (χ4n) is 2.23. The Balaban J connectivity index is 2.07. The Kier molecular flexibility index (Phi) is 2.46. The number of hydrogen-bond acceptors (Lipinski definition) is 6. The topological polar surface area (TPSA) is 107 Å². The van der Waals surface area contributed by atoms with E-state index in [1.54, 1.807) is 30.6 Å². The Hall–Kier alpha value is -3.29. The summed E-state index contributed by atoms with van der Waals surface area (Å²) in [7, 11) is 1.51. The molecule has 4 aromatic rings. The predicted octanol–water partition coefficient (Wildman–Crippen LogP) is 0.825. The Bertz CT molecular complexity index is 1120. The van der Waals surface area contributed by atoms with E-state index in [0.29, 0.717) is 11.3 Å². The number of H-pyrrole nitrogens is 1. The minimum atomic E-state index is -0.570. The molecule has 8 nitrogen and oxygen atoms in total. The van der Waals surface area contributed by atoms with Crippen molar-refractivity contribution in [2.75, 3.05) is 0 Å². The van der Waals surface area contributed by atoms with Gasteiger partial charge in [0.25, 0.3) is 5.56 Å². The van der Waals surface area contributed by atoms with Crippen LogP contribution in [-0.4, -0.2) is 24.5 Å². The first-order valence-corrected chi connectivity index (χ1v) is 6.44. The lowest BCUT2D eigenvalue weighted by Gasteiger charge is -2.00. The minimum absolute atomic E-state index is 0.0941. The molecule has 0 atom stereocenters. The molecule has 0 saturated carbocycles. The third kappa shape index (κ3) is 1.74. The van der Waals surface area contributed by atoms with Crippen LogP contribution in [0, 0.1) is 0 Å². The number of fused-ring (bicyclic) bond motifs is 2. The summed E-state index contributed by atoms with van der Waals surface area (Å²) < 4.78 is 6.89. The van der Waals surface area contributed by atoms with Crippen LogP contribution < -0.4 is 11.2 Å². The molecule has 4 aromatic heterocycles. The molecule has 0 unspecified atom stereocenters. The minimum Gasteiger partial charge on any atom is -0.436 e. The molecule has 4 rings (SSSR count). The highest BCUT2D eigenvalue weighted by molar-refractivity contribution is 5.83. The molecular formula is C14H9N5O3. The largest absolute Gasteiger partial charge is 0.436 e. The maximum absolute atomic E-state index is 11.9. The van der Waals surface area contributed by atoms with Crippen LogP contribution in [0.5, 0.6) is 0 Å². The van der Waals surface area contributed by atoms with Crippen molar-refractivity contribution < 1.29 is 4.42 Å². The number of aromatic nitrogens is 5. The second kappa shape index (κ2) is 4.35. The summed E-state index contributed by atoms with van der Waals surface area (Å²) in [4.78, 5) is 38.1. The number of rotatable bonds is 1. The van der Waals surface area contributed by atoms with E-state index in [2.05, 4.69) is 19.9 Å². The third-order valence-electron chi connectivity index (χ3n) is 3.37. The number of pyridine rings is 1. The predicted molar refractivity (Wildman–Crippen MR) is 78.4 cm³/mol. The van der Waals surface area contributed by atoms with Crippen LogP contribution in [-0.2, 0) is 7.05 Å². The van der Waals surface area contributed by atoms with E-state index >= 15 is 0 Å². The number of furan rings is 1. The highest BCUT2D eigenvalue weighted by atomic mass is 16.3. The molecule has 0 spiro atoms. The first kappa shape index (κ1) is 12.5. The average Bonchev–Trinajstić information content (AvgIpc) is 2.95. The number of nitrogens with one attached hydrogen (secondary N) is 1. The van der Waals surface area contributed by atoms with Gasteiger partial charge < -0.3 is 4.42 Å². The van der Waals surface area contributed by atoms with Gasteiger partial charge in [0.15, 0.2) is 11.2 Å². The van der Waals surface area contributed by atoms with E-state index in [1.165, 1.54) is 11.6 Å². The summed E-state index contributed by atoms with van der Waals surface area (Å²) in [6, 6.07) is 5.28. The maximum atomic E-state index is 11.9. The molecule has 0 aromatic carbocycles. The number of nitrogens with zero attached hydrogens (tertiary/aromatic N) is 4. The summed E-state index contributed by atoms with van der Waals surface area (Å²) >= 11 is 0. The van der Waals surface area contributed by atoms with E-state index in [9.17, 15) is 9.59 Å². The Morgan fingerprint density at radius 1 is 1.18 bits per heavy atom. The Morgan fingerprint density at radius 3 is 2.73 bits per heavy atom. The van der Waals surface area contributed by atoms with Gasteiger partial charge in [-0.15, -0.1) is 0 Å². The fourth-order valence-corrected chi connectivity index (χ4v) is 2.23. The fraction of sp³-hybridized carbons (Fsp3) is 0.0714. The van der Waals surface area contributed by atoms with Crippen molar-refractivity contribution in [3.63, 3.8) is 0 Å². The molecular weight excluding hydrogens is 286 g/mol. The van der Waals surface area contributed by atoms with E-state index in [4.69, 9.17) is 4.42 Å². The smallest absolute Gasteiger partial charge is 0.329 e. The van der Waals surface area contributed by atoms with Crippen LogP contribution in [0.25, 0.3) is 33.7 Å². The van der Waals surface area contributed by atoms with Gasteiger partial charge in [-0.1, -0.05) is 0 Å². The van der Waals surface area contributed by atoms with E-state index < -0.39 is 11.2 Å². The molecule has 8 heteroatoms. The van der Waals surface area contributed by atoms with Gasteiger partial charge in [-0.3, -0.25) is 19.3 Å². The molecule has 4 heterocycles. The molecule has 0 radical (unpaired) electrons. The van der Waals surface area contributed by atoms with Crippen molar-refractivity contribution >= 4 is 22.4 Å². The van der Waals surface area contributed by atoms with E-state index in [-0.39, 0.29) is 16.9 Å². The lowest BCUT2D eigenvalue weighted by Crippen LogP contribution is -2.29. The summed E-state index contributed by atoms with van der Waals surface area (Å²) in [6.45, 7) is 0. The number of hydrogen-bond donors (Lipinski definition) is 1. The molecule has 22 heavy (non-hydrogen) atoms. The van der Waals surface area contributed by atoms with Crippen molar-refractivity contribution in [1.82, 2.24) is 24.5 Å². The molecule has 0 aliphatic rings.